The summed E-state index contributed by atoms with van der Waals surface area (Å²) in [7, 11) is 0. The number of amides is 1. The molecule has 2 aromatic carbocycles. The van der Waals surface area contributed by atoms with E-state index in [1.165, 1.54) is 0 Å². The Morgan fingerprint density at radius 3 is 2.38 bits per heavy atom. The number of ether oxygens (including phenoxy) is 1. The first kappa shape index (κ1) is 18.4. The van der Waals surface area contributed by atoms with E-state index in [-0.39, 0.29) is 5.91 Å². The Labute approximate surface area is 168 Å². The number of benzene rings is 2. The molecule has 4 aromatic rings. The summed E-state index contributed by atoms with van der Waals surface area (Å²) in [5.41, 5.74) is 2.48. The number of nitrogens with one attached hydrogen (secondary N) is 1. The molecule has 4 rings (SSSR count). The third-order valence-electron chi connectivity index (χ3n) is 4.34. The van der Waals surface area contributed by atoms with Crippen LogP contribution in [0.25, 0.3) is 11.3 Å². The smallest absolute Gasteiger partial charge is 0.251 e. The zero-order chi connectivity index (χ0) is 19.9. The zero-order valence-electron chi connectivity index (χ0n) is 15.7. The van der Waals surface area contributed by atoms with Crippen LogP contribution in [0.3, 0.4) is 0 Å². The van der Waals surface area contributed by atoms with Gasteiger partial charge in [-0.05, 0) is 54.6 Å². The van der Waals surface area contributed by atoms with Crippen LogP contribution in [-0.4, -0.2) is 27.2 Å². The minimum atomic E-state index is -0.127. The summed E-state index contributed by atoms with van der Waals surface area (Å²) in [6.07, 6.45) is 5.38. The standard InChI is InChI=1S/C23H20N4O2/c28-23(19-6-8-21(9-7-19)29-20-4-2-1-3-5-20)25-15-17-27-16-12-22(26-27)18-10-13-24-14-11-18/h1-14,16H,15,17H2,(H,25,28). The molecule has 1 N–H and O–H groups in total. The van der Waals surface area contributed by atoms with E-state index in [1.807, 2.05) is 59.4 Å². The third kappa shape index (κ3) is 4.87. The van der Waals surface area contributed by atoms with Crippen molar-refractivity contribution in [2.24, 2.45) is 0 Å². The van der Waals surface area contributed by atoms with E-state index < -0.39 is 0 Å². The molecule has 0 atom stereocenters. The number of pyridine rings is 1. The van der Waals surface area contributed by atoms with Gasteiger partial charge < -0.3 is 10.1 Å². The molecule has 6 heteroatoms. The molecule has 0 aliphatic heterocycles. The highest BCUT2D eigenvalue weighted by Gasteiger charge is 2.07. The van der Waals surface area contributed by atoms with Crippen LogP contribution >= 0.6 is 0 Å². The number of hydrogen-bond acceptors (Lipinski definition) is 4. The van der Waals surface area contributed by atoms with Crippen LogP contribution in [-0.2, 0) is 6.54 Å². The summed E-state index contributed by atoms with van der Waals surface area (Å²) >= 11 is 0. The molecule has 1 amide bonds. The van der Waals surface area contributed by atoms with Crippen molar-refractivity contribution >= 4 is 5.91 Å². The monoisotopic (exact) mass is 384 g/mol. The molecule has 0 fully saturated rings. The van der Waals surface area contributed by atoms with Crippen molar-refractivity contribution in [2.75, 3.05) is 6.54 Å². The Balaban J connectivity index is 1.28. The maximum absolute atomic E-state index is 12.3. The lowest BCUT2D eigenvalue weighted by atomic mass is 10.2. The van der Waals surface area contributed by atoms with Crippen molar-refractivity contribution in [1.29, 1.82) is 0 Å². The molecule has 0 bridgehead atoms. The maximum Gasteiger partial charge on any atom is 0.251 e. The van der Waals surface area contributed by atoms with Gasteiger partial charge in [0.2, 0.25) is 0 Å². The SMILES string of the molecule is O=C(NCCn1ccc(-c2ccncc2)n1)c1ccc(Oc2ccccc2)cc1. The molecular formula is C23H20N4O2. The average molecular weight is 384 g/mol. The summed E-state index contributed by atoms with van der Waals surface area (Å²) < 4.78 is 7.56. The fourth-order valence-corrected chi connectivity index (χ4v) is 2.85. The molecule has 0 radical (unpaired) electrons. The van der Waals surface area contributed by atoms with Gasteiger partial charge in [0.05, 0.1) is 12.2 Å². The van der Waals surface area contributed by atoms with Crippen LogP contribution in [0.1, 0.15) is 10.4 Å². The van der Waals surface area contributed by atoms with Crippen molar-refractivity contribution in [3.8, 4) is 22.8 Å². The molecule has 2 aromatic heterocycles. The maximum atomic E-state index is 12.3. The fourth-order valence-electron chi connectivity index (χ4n) is 2.85. The Bertz CT molecular complexity index is 1060. The van der Waals surface area contributed by atoms with Crippen LogP contribution in [0.5, 0.6) is 11.5 Å². The summed E-state index contributed by atoms with van der Waals surface area (Å²) in [6.45, 7) is 1.07. The summed E-state index contributed by atoms with van der Waals surface area (Å²) in [6, 6.07) is 22.4. The van der Waals surface area contributed by atoms with Gasteiger partial charge in [-0.25, -0.2) is 0 Å². The molecule has 29 heavy (non-hydrogen) atoms. The van der Waals surface area contributed by atoms with Gasteiger partial charge in [0.1, 0.15) is 11.5 Å². The molecule has 0 spiro atoms. The predicted octanol–water partition coefficient (Wildman–Crippen LogP) is 4.17. The van der Waals surface area contributed by atoms with Crippen molar-refractivity contribution in [3.05, 3.63) is 97.0 Å². The van der Waals surface area contributed by atoms with Gasteiger partial charge in [0.15, 0.2) is 0 Å². The Hall–Kier alpha value is -3.93. The number of carbonyl (C=O) groups is 1. The molecule has 0 saturated heterocycles. The van der Waals surface area contributed by atoms with E-state index in [1.54, 1.807) is 36.7 Å². The summed E-state index contributed by atoms with van der Waals surface area (Å²) in [4.78, 5) is 16.4. The van der Waals surface area contributed by atoms with Crippen molar-refractivity contribution in [3.63, 3.8) is 0 Å². The predicted molar refractivity (Wildman–Crippen MR) is 111 cm³/mol. The summed E-state index contributed by atoms with van der Waals surface area (Å²) in [5, 5.41) is 7.44. The first-order valence-corrected chi connectivity index (χ1v) is 9.33. The molecule has 144 valence electrons. The largest absolute Gasteiger partial charge is 0.457 e. The van der Waals surface area contributed by atoms with Crippen LogP contribution in [0.2, 0.25) is 0 Å². The summed E-state index contributed by atoms with van der Waals surface area (Å²) in [5.74, 6) is 1.32. The van der Waals surface area contributed by atoms with E-state index >= 15 is 0 Å². The molecule has 0 unspecified atom stereocenters. The number of para-hydroxylation sites is 1. The molecule has 0 saturated carbocycles. The second-order valence-electron chi connectivity index (χ2n) is 6.40. The minimum absolute atomic E-state index is 0.127. The zero-order valence-corrected chi connectivity index (χ0v) is 15.7. The van der Waals surface area contributed by atoms with Gasteiger partial charge >= 0.3 is 0 Å². The van der Waals surface area contributed by atoms with E-state index in [0.717, 1.165) is 17.0 Å². The van der Waals surface area contributed by atoms with Gasteiger partial charge in [-0.3, -0.25) is 14.5 Å². The van der Waals surface area contributed by atoms with Gasteiger partial charge in [-0.1, -0.05) is 18.2 Å². The number of hydrogen-bond donors (Lipinski definition) is 1. The second kappa shape index (κ2) is 8.84. The quantitative estimate of drug-likeness (QED) is 0.519. The highest BCUT2D eigenvalue weighted by Crippen LogP contribution is 2.21. The second-order valence-corrected chi connectivity index (χ2v) is 6.40. The number of aromatic nitrogens is 3. The lowest BCUT2D eigenvalue weighted by molar-refractivity contribution is 0.0952. The van der Waals surface area contributed by atoms with Gasteiger partial charge in [0.25, 0.3) is 5.91 Å². The van der Waals surface area contributed by atoms with Crippen molar-refractivity contribution < 1.29 is 9.53 Å². The van der Waals surface area contributed by atoms with Crippen LogP contribution in [0, 0.1) is 0 Å². The van der Waals surface area contributed by atoms with E-state index in [9.17, 15) is 4.79 Å². The third-order valence-corrected chi connectivity index (χ3v) is 4.34. The van der Waals surface area contributed by atoms with Gasteiger partial charge in [-0.2, -0.15) is 5.10 Å². The number of carbonyl (C=O) groups excluding carboxylic acids is 1. The minimum Gasteiger partial charge on any atom is -0.457 e. The van der Waals surface area contributed by atoms with Gasteiger partial charge in [-0.15, -0.1) is 0 Å². The normalized spacial score (nSPS) is 10.5. The molecule has 6 nitrogen and oxygen atoms in total. The van der Waals surface area contributed by atoms with E-state index in [4.69, 9.17) is 4.74 Å². The highest BCUT2D eigenvalue weighted by molar-refractivity contribution is 5.94. The molecule has 2 heterocycles. The average Bonchev–Trinajstić information content (AvgIpc) is 3.24. The van der Waals surface area contributed by atoms with E-state index in [2.05, 4.69) is 15.4 Å². The fraction of sp³-hybridized carbons (Fsp3) is 0.0870. The number of nitrogens with zero attached hydrogens (tertiary/aromatic N) is 3. The first-order chi connectivity index (χ1) is 14.3. The molecule has 0 aliphatic carbocycles. The molecular weight excluding hydrogens is 364 g/mol. The van der Waals surface area contributed by atoms with Crippen molar-refractivity contribution in [1.82, 2.24) is 20.1 Å². The van der Waals surface area contributed by atoms with Crippen LogP contribution < -0.4 is 10.1 Å². The van der Waals surface area contributed by atoms with Gasteiger partial charge in [0, 0.05) is 36.3 Å². The lowest BCUT2D eigenvalue weighted by Crippen LogP contribution is -2.27. The van der Waals surface area contributed by atoms with Crippen molar-refractivity contribution in [2.45, 2.75) is 6.54 Å². The van der Waals surface area contributed by atoms with E-state index in [0.29, 0.717) is 24.4 Å². The number of rotatable bonds is 7. The first-order valence-electron chi connectivity index (χ1n) is 9.33. The topological polar surface area (TPSA) is 69.0 Å². The Kier molecular flexibility index (Phi) is 5.62. The Morgan fingerprint density at radius 1 is 0.897 bits per heavy atom. The highest BCUT2D eigenvalue weighted by atomic mass is 16.5. The Morgan fingerprint density at radius 2 is 1.62 bits per heavy atom. The van der Waals surface area contributed by atoms with Crippen LogP contribution in [0.4, 0.5) is 0 Å². The lowest BCUT2D eigenvalue weighted by Gasteiger charge is -2.08. The molecule has 0 aliphatic rings. The van der Waals surface area contributed by atoms with Crippen LogP contribution in [0.15, 0.2) is 91.4 Å².